The maximum Gasteiger partial charge on any atom is 0.222 e. The SMILES string of the molecule is CC(CN1CCCC1=O)NCc1cscn1. The molecule has 1 saturated heterocycles. The highest BCUT2D eigenvalue weighted by atomic mass is 32.1. The average Bonchev–Trinajstić information content (AvgIpc) is 2.88. The highest BCUT2D eigenvalue weighted by molar-refractivity contribution is 7.07. The molecule has 1 N–H and O–H groups in total. The van der Waals surface area contributed by atoms with Crippen molar-refractivity contribution < 1.29 is 4.79 Å². The van der Waals surface area contributed by atoms with Gasteiger partial charge in [-0.3, -0.25) is 4.79 Å². The Bertz CT molecular complexity index is 339. The lowest BCUT2D eigenvalue weighted by molar-refractivity contribution is -0.127. The quantitative estimate of drug-likeness (QED) is 0.841. The lowest BCUT2D eigenvalue weighted by atomic mass is 10.3. The number of hydrogen-bond acceptors (Lipinski definition) is 4. The maximum absolute atomic E-state index is 11.4. The van der Waals surface area contributed by atoms with Gasteiger partial charge in [0.25, 0.3) is 0 Å². The van der Waals surface area contributed by atoms with E-state index in [-0.39, 0.29) is 0 Å². The fourth-order valence-electron chi connectivity index (χ4n) is 1.90. The van der Waals surface area contributed by atoms with E-state index in [2.05, 4.69) is 17.2 Å². The van der Waals surface area contributed by atoms with Crippen molar-refractivity contribution in [1.82, 2.24) is 15.2 Å². The third-order valence-corrected chi connectivity index (χ3v) is 3.42. The Morgan fingerprint density at radius 2 is 2.56 bits per heavy atom. The molecule has 0 spiro atoms. The van der Waals surface area contributed by atoms with E-state index in [9.17, 15) is 4.79 Å². The molecule has 0 radical (unpaired) electrons. The van der Waals surface area contributed by atoms with Crippen molar-refractivity contribution in [3.8, 4) is 0 Å². The molecule has 1 amide bonds. The molecule has 2 rings (SSSR count). The zero-order valence-electron chi connectivity index (χ0n) is 9.48. The molecule has 1 aromatic rings. The van der Waals surface area contributed by atoms with E-state index in [1.807, 2.05) is 15.8 Å². The van der Waals surface area contributed by atoms with E-state index >= 15 is 0 Å². The van der Waals surface area contributed by atoms with Crippen molar-refractivity contribution in [2.24, 2.45) is 0 Å². The second kappa shape index (κ2) is 5.41. The summed E-state index contributed by atoms with van der Waals surface area (Å²) in [7, 11) is 0. The summed E-state index contributed by atoms with van der Waals surface area (Å²) >= 11 is 1.61. The van der Waals surface area contributed by atoms with Gasteiger partial charge in [0.15, 0.2) is 0 Å². The number of amides is 1. The molecule has 1 atom stereocenters. The fraction of sp³-hybridized carbons (Fsp3) is 0.636. The first-order chi connectivity index (χ1) is 7.75. The van der Waals surface area contributed by atoms with Crippen molar-refractivity contribution >= 4 is 17.2 Å². The van der Waals surface area contributed by atoms with Gasteiger partial charge in [0.2, 0.25) is 5.91 Å². The van der Waals surface area contributed by atoms with E-state index in [1.54, 1.807) is 11.3 Å². The van der Waals surface area contributed by atoms with Gasteiger partial charge in [-0.15, -0.1) is 11.3 Å². The standard InChI is InChI=1S/C11H17N3OS/c1-9(6-14-4-2-3-11(14)15)12-5-10-7-16-8-13-10/h7-9,12H,2-6H2,1H3. The van der Waals surface area contributed by atoms with Gasteiger partial charge in [-0.2, -0.15) is 0 Å². The number of nitrogens with one attached hydrogen (secondary N) is 1. The highest BCUT2D eigenvalue weighted by Gasteiger charge is 2.21. The molecule has 1 aliphatic heterocycles. The zero-order valence-corrected chi connectivity index (χ0v) is 10.3. The first kappa shape index (κ1) is 11.5. The van der Waals surface area contributed by atoms with Gasteiger partial charge in [0.05, 0.1) is 11.2 Å². The Morgan fingerprint density at radius 3 is 3.19 bits per heavy atom. The second-order valence-electron chi connectivity index (χ2n) is 4.21. The van der Waals surface area contributed by atoms with Crippen LogP contribution < -0.4 is 5.32 Å². The lowest BCUT2D eigenvalue weighted by Crippen LogP contribution is -2.39. The van der Waals surface area contributed by atoms with Gasteiger partial charge in [0, 0.05) is 37.5 Å². The maximum atomic E-state index is 11.4. The van der Waals surface area contributed by atoms with Crippen LogP contribution in [-0.2, 0) is 11.3 Å². The van der Waals surface area contributed by atoms with Crippen molar-refractivity contribution in [2.45, 2.75) is 32.4 Å². The van der Waals surface area contributed by atoms with Crippen molar-refractivity contribution in [3.05, 3.63) is 16.6 Å². The molecule has 16 heavy (non-hydrogen) atoms. The highest BCUT2D eigenvalue weighted by Crippen LogP contribution is 2.10. The number of carbonyl (C=O) groups is 1. The molecular weight excluding hydrogens is 222 g/mol. The van der Waals surface area contributed by atoms with Gasteiger partial charge >= 0.3 is 0 Å². The number of aromatic nitrogens is 1. The average molecular weight is 239 g/mol. The van der Waals surface area contributed by atoms with Crippen LogP contribution in [-0.4, -0.2) is 34.9 Å². The predicted molar refractivity (Wildman–Crippen MR) is 64.2 cm³/mol. The summed E-state index contributed by atoms with van der Waals surface area (Å²) < 4.78 is 0. The van der Waals surface area contributed by atoms with Crippen LogP contribution in [0.25, 0.3) is 0 Å². The number of nitrogens with zero attached hydrogens (tertiary/aromatic N) is 2. The van der Waals surface area contributed by atoms with Gasteiger partial charge < -0.3 is 10.2 Å². The van der Waals surface area contributed by atoms with E-state index in [0.29, 0.717) is 11.9 Å². The van der Waals surface area contributed by atoms with Crippen LogP contribution in [0.1, 0.15) is 25.5 Å². The Kier molecular flexibility index (Phi) is 3.90. The summed E-state index contributed by atoms with van der Waals surface area (Å²) in [6, 6.07) is 0.323. The minimum Gasteiger partial charge on any atom is -0.341 e. The van der Waals surface area contributed by atoms with Crippen LogP contribution in [0.3, 0.4) is 0 Å². The van der Waals surface area contributed by atoms with E-state index in [0.717, 1.165) is 38.2 Å². The third-order valence-electron chi connectivity index (χ3n) is 2.78. The molecule has 1 fully saturated rings. The van der Waals surface area contributed by atoms with Crippen LogP contribution >= 0.6 is 11.3 Å². The Morgan fingerprint density at radius 1 is 1.69 bits per heavy atom. The first-order valence-electron chi connectivity index (χ1n) is 5.64. The molecule has 88 valence electrons. The summed E-state index contributed by atoms with van der Waals surface area (Å²) in [5.74, 6) is 0.294. The van der Waals surface area contributed by atoms with Crippen molar-refractivity contribution in [3.63, 3.8) is 0 Å². The number of likely N-dealkylation sites (tertiary alicyclic amines) is 1. The van der Waals surface area contributed by atoms with Gasteiger partial charge in [-0.1, -0.05) is 0 Å². The molecule has 0 bridgehead atoms. The largest absolute Gasteiger partial charge is 0.341 e. The van der Waals surface area contributed by atoms with Gasteiger partial charge in [0.1, 0.15) is 0 Å². The summed E-state index contributed by atoms with van der Waals surface area (Å²) in [6.45, 7) is 4.62. The number of thiazole rings is 1. The molecule has 0 aromatic carbocycles. The predicted octanol–water partition coefficient (Wildman–Crippen LogP) is 1.24. The second-order valence-corrected chi connectivity index (χ2v) is 4.92. The molecule has 2 heterocycles. The minimum atomic E-state index is 0.294. The Hall–Kier alpha value is -0.940. The van der Waals surface area contributed by atoms with E-state index < -0.39 is 0 Å². The van der Waals surface area contributed by atoms with Crippen LogP contribution in [0.2, 0.25) is 0 Å². The van der Waals surface area contributed by atoms with Gasteiger partial charge in [-0.25, -0.2) is 4.98 Å². The fourth-order valence-corrected chi connectivity index (χ4v) is 2.45. The molecule has 4 nitrogen and oxygen atoms in total. The van der Waals surface area contributed by atoms with Crippen LogP contribution in [0.4, 0.5) is 0 Å². The van der Waals surface area contributed by atoms with Crippen LogP contribution in [0.5, 0.6) is 0 Å². The summed E-state index contributed by atoms with van der Waals surface area (Å²) in [6.07, 6.45) is 1.73. The third kappa shape index (κ3) is 3.02. The van der Waals surface area contributed by atoms with Crippen molar-refractivity contribution in [1.29, 1.82) is 0 Å². The van der Waals surface area contributed by atoms with E-state index in [1.165, 1.54) is 0 Å². The molecule has 5 heteroatoms. The van der Waals surface area contributed by atoms with Gasteiger partial charge in [-0.05, 0) is 13.3 Å². The normalized spacial score (nSPS) is 18.1. The number of carbonyl (C=O) groups excluding carboxylic acids is 1. The first-order valence-corrected chi connectivity index (χ1v) is 6.58. The minimum absolute atomic E-state index is 0.294. The summed E-state index contributed by atoms with van der Waals surface area (Å²) in [5.41, 5.74) is 2.91. The topological polar surface area (TPSA) is 45.2 Å². The zero-order chi connectivity index (χ0) is 11.4. The molecule has 1 aliphatic rings. The Balaban J connectivity index is 1.72. The summed E-state index contributed by atoms with van der Waals surface area (Å²) in [5, 5.41) is 5.43. The van der Waals surface area contributed by atoms with E-state index in [4.69, 9.17) is 0 Å². The molecule has 0 aliphatic carbocycles. The number of hydrogen-bond donors (Lipinski definition) is 1. The number of rotatable bonds is 5. The Labute approximate surface area is 99.7 Å². The molecular formula is C11H17N3OS. The monoisotopic (exact) mass is 239 g/mol. The van der Waals surface area contributed by atoms with Crippen molar-refractivity contribution in [2.75, 3.05) is 13.1 Å². The van der Waals surface area contributed by atoms with Crippen LogP contribution in [0, 0.1) is 0 Å². The molecule has 0 saturated carbocycles. The lowest BCUT2D eigenvalue weighted by Gasteiger charge is -2.21. The smallest absolute Gasteiger partial charge is 0.222 e. The summed E-state index contributed by atoms with van der Waals surface area (Å²) in [4.78, 5) is 17.6. The molecule has 1 aromatic heterocycles. The van der Waals surface area contributed by atoms with Crippen LogP contribution in [0.15, 0.2) is 10.9 Å². The molecule has 1 unspecified atom stereocenters.